The van der Waals surface area contributed by atoms with Crippen molar-refractivity contribution in [3.05, 3.63) is 145 Å². The van der Waals surface area contributed by atoms with E-state index in [9.17, 15) is 0 Å². The highest BCUT2D eigenvalue weighted by atomic mass is 32.2. The maximum atomic E-state index is 6.75. The molecule has 0 bridgehead atoms. The first kappa shape index (κ1) is 45.6. The average Bonchev–Trinajstić information content (AvgIpc) is 3.19. The molecule has 0 saturated carbocycles. The van der Waals surface area contributed by atoms with Gasteiger partial charge in [0.15, 0.2) is 0 Å². The van der Waals surface area contributed by atoms with E-state index in [2.05, 4.69) is 113 Å². The zero-order chi connectivity index (χ0) is 43.7. The molecule has 0 N–H and O–H groups in total. The molecule has 0 atom stereocenters. The molecule has 10 nitrogen and oxygen atoms in total. The van der Waals surface area contributed by atoms with E-state index in [1.165, 1.54) is 11.8 Å². The van der Waals surface area contributed by atoms with Gasteiger partial charge >= 0.3 is 17.2 Å². The van der Waals surface area contributed by atoms with Crippen LogP contribution in [0.25, 0.3) is 0 Å². The average molecular weight is 879 g/mol. The third kappa shape index (κ3) is 14.0. The molecule has 0 saturated heterocycles. The second-order valence-corrected chi connectivity index (χ2v) is 21.4. The molecule has 13 heteroatoms. The summed E-state index contributed by atoms with van der Waals surface area (Å²) in [7, 11) is -4.16. The highest BCUT2D eigenvalue weighted by molar-refractivity contribution is 7.99. The molecule has 0 fully saturated rings. The van der Waals surface area contributed by atoms with Crippen LogP contribution in [-0.4, -0.2) is 19.9 Å². The highest BCUT2D eigenvalue weighted by Gasteiger charge is 2.32. The Hall–Kier alpha value is -4.95. The maximum Gasteiger partial charge on any atom is 0.532 e. The molecule has 6 aromatic rings. The minimum Gasteiger partial charge on any atom is -0.407 e. The van der Waals surface area contributed by atoms with E-state index < -0.39 is 17.2 Å². The zero-order valence-corrected chi connectivity index (χ0v) is 39.3. The maximum absolute atomic E-state index is 6.75. The summed E-state index contributed by atoms with van der Waals surface area (Å²) in [6.45, 7) is 22.7. The summed E-state index contributed by atoms with van der Waals surface area (Å²) in [5, 5.41) is 0. The molecule has 6 rings (SSSR count). The predicted molar refractivity (Wildman–Crippen MR) is 246 cm³/mol. The quantitative estimate of drug-likeness (QED) is 0.0770. The van der Waals surface area contributed by atoms with Crippen molar-refractivity contribution in [3.63, 3.8) is 0 Å². The molecule has 0 radical (unpaired) electrons. The SMILES string of the molecule is CC(C)(C)CC(C)(C)c1ccc(OP(Oc2ccccn2)Oc2ccccn2)c(Sc2cc(C(C)(C)CC(C)(C)C)ccc2OP(Oc2ccccn2)Oc2ccccn2)c1. The molecule has 0 aliphatic carbocycles. The van der Waals surface area contributed by atoms with E-state index in [0.29, 0.717) is 35.0 Å². The third-order valence-electron chi connectivity index (χ3n) is 9.18. The van der Waals surface area contributed by atoms with Crippen LogP contribution in [0.5, 0.6) is 35.0 Å². The van der Waals surface area contributed by atoms with Gasteiger partial charge in [-0.3, -0.25) is 0 Å². The van der Waals surface area contributed by atoms with Crippen LogP contribution >= 0.6 is 29.0 Å². The van der Waals surface area contributed by atoms with Crippen LogP contribution in [0.15, 0.2) is 144 Å². The van der Waals surface area contributed by atoms with Gasteiger partial charge in [-0.05, 0) is 94.2 Å². The molecule has 4 heterocycles. The summed E-state index contributed by atoms with van der Waals surface area (Å²) in [6, 6.07) is 34.4. The number of pyridine rings is 4. The molecule has 0 aliphatic heterocycles. The summed E-state index contributed by atoms with van der Waals surface area (Å²) in [5.74, 6) is 2.56. The molecule has 0 unspecified atom stereocenters. The standard InChI is InChI=1S/C48H56N4O6P2S/c1-45(2,3)33-47(7,8)35-23-25-37(53-59(55-41-19-11-15-27-49-41)56-42-20-12-16-28-50-42)39(31-35)61-40-32-36(48(9,10)34-46(4,5)6)24-26-38(40)54-60(57-43-21-13-17-29-51-43)58-44-22-14-18-30-52-44/h11-32H,33-34H2,1-10H3. The van der Waals surface area contributed by atoms with Crippen molar-refractivity contribution >= 4 is 29.0 Å². The van der Waals surface area contributed by atoms with Gasteiger partial charge in [-0.1, -0.05) is 117 Å². The molecule has 0 aliphatic rings. The van der Waals surface area contributed by atoms with Crippen molar-refractivity contribution in [1.82, 2.24) is 19.9 Å². The Morgan fingerprint density at radius 1 is 0.410 bits per heavy atom. The van der Waals surface area contributed by atoms with Crippen LogP contribution in [0.3, 0.4) is 0 Å². The lowest BCUT2D eigenvalue weighted by molar-refractivity contribution is 0.283. The van der Waals surface area contributed by atoms with Crippen molar-refractivity contribution in [2.24, 2.45) is 10.8 Å². The number of hydrogen-bond acceptors (Lipinski definition) is 11. The summed E-state index contributed by atoms with van der Waals surface area (Å²) >= 11 is 1.53. The molecular formula is C48H56N4O6P2S. The lowest BCUT2D eigenvalue weighted by Gasteiger charge is -2.34. The second kappa shape index (κ2) is 19.8. The van der Waals surface area contributed by atoms with Crippen LogP contribution in [0.2, 0.25) is 0 Å². The molecule has 0 amide bonds. The van der Waals surface area contributed by atoms with Crippen LogP contribution < -0.4 is 27.1 Å². The number of benzene rings is 2. The Morgan fingerprint density at radius 3 is 0.984 bits per heavy atom. The van der Waals surface area contributed by atoms with Crippen molar-refractivity contribution in [1.29, 1.82) is 0 Å². The molecule has 2 aromatic carbocycles. The van der Waals surface area contributed by atoms with Gasteiger partial charge in [0, 0.05) is 49.1 Å². The zero-order valence-electron chi connectivity index (χ0n) is 36.7. The van der Waals surface area contributed by atoms with Crippen LogP contribution in [0, 0.1) is 10.8 Å². The second-order valence-electron chi connectivity index (χ2n) is 18.3. The lowest BCUT2D eigenvalue weighted by atomic mass is 9.72. The largest absolute Gasteiger partial charge is 0.532 e. The van der Waals surface area contributed by atoms with Gasteiger partial charge in [-0.2, -0.15) is 0 Å². The number of rotatable bonds is 18. The Balaban J connectivity index is 1.46. The van der Waals surface area contributed by atoms with Gasteiger partial charge < -0.3 is 27.1 Å². The fourth-order valence-corrected chi connectivity index (χ4v) is 10.4. The predicted octanol–water partition coefficient (Wildman–Crippen LogP) is 14.4. The van der Waals surface area contributed by atoms with Crippen LogP contribution in [0.4, 0.5) is 0 Å². The van der Waals surface area contributed by atoms with Gasteiger partial charge in [0.1, 0.15) is 11.5 Å². The molecular weight excluding hydrogens is 823 g/mol. The Labute approximate surface area is 368 Å². The van der Waals surface area contributed by atoms with Crippen LogP contribution in [0.1, 0.15) is 93.2 Å². The third-order valence-corrected chi connectivity index (χ3v) is 12.3. The van der Waals surface area contributed by atoms with Crippen LogP contribution in [-0.2, 0) is 10.8 Å². The normalized spacial score (nSPS) is 12.3. The van der Waals surface area contributed by atoms with E-state index in [1.807, 2.05) is 60.7 Å². The summed E-state index contributed by atoms with van der Waals surface area (Å²) in [6.07, 6.45) is 8.56. The number of aromatic nitrogens is 4. The Morgan fingerprint density at radius 2 is 0.721 bits per heavy atom. The fourth-order valence-electron chi connectivity index (χ4n) is 7.32. The topological polar surface area (TPSA) is 107 Å². The summed E-state index contributed by atoms with van der Waals surface area (Å²) in [4.78, 5) is 19.2. The summed E-state index contributed by atoms with van der Waals surface area (Å²) in [5.41, 5.74) is 2.12. The van der Waals surface area contributed by atoms with Gasteiger partial charge in [-0.25, -0.2) is 19.9 Å². The molecule has 0 spiro atoms. The highest BCUT2D eigenvalue weighted by Crippen LogP contribution is 2.52. The van der Waals surface area contributed by atoms with Crippen molar-refractivity contribution in [2.75, 3.05) is 0 Å². The van der Waals surface area contributed by atoms with Crippen molar-refractivity contribution < 1.29 is 27.1 Å². The molecule has 4 aromatic heterocycles. The van der Waals surface area contributed by atoms with E-state index >= 15 is 0 Å². The molecule has 61 heavy (non-hydrogen) atoms. The molecule has 320 valence electrons. The van der Waals surface area contributed by atoms with E-state index in [1.54, 1.807) is 49.1 Å². The van der Waals surface area contributed by atoms with Gasteiger partial charge in [-0.15, -0.1) is 0 Å². The van der Waals surface area contributed by atoms with Crippen molar-refractivity contribution in [3.8, 4) is 35.0 Å². The van der Waals surface area contributed by atoms with Gasteiger partial charge in [0.2, 0.25) is 23.5 Å². The number of nitrogens with zero attached hydrogens (tertiary/aromatic N) is 4. The Kier molecular flexibility index (Phi) is 14.8. The summed E-state index contributed by atoms with van der Waals surface area (Å²) < 4.78 is 38.6. The first-order chi connectivity index (χ1) is 28.9. The van der Waals surface area contributed by atoms with E-state index in [-0.39, 0.29) is 21.7 Å². The minimum atomic E-state index is -2.08. The minimum absolute atomic E-state index is 0.0831. The van der Waals surface area contributed by atoms with E-state index in [4.69, 9.17) is 27.1 Å². The van der Waals surface area contributed by atoms with Gasteiger partial charge in [0.05, 0.1) is 9.79 Å². The smallest absolute Gasteiger partial charge is 0.407 e. The Bertz CT molecular complexity index is 2050. The first-order valence-electron chi connectivity index (χ1n) is 20.2. The van der Waals surface area contributed by atoms with Gasteiger partial charge in [0.25, 0.3) is 0 Å². The monoisotopic (exact) mass is 878 g/mol. The van der Waals surface area contributed by atoms with Crippen molar-refractivity contribution in [2.45, 2.75) is 103 Å². The number of hydrogen-bond donors (Lipinski definition) is 0. The first-order valence-corrected chi connectivity index (χ1v) is 23.2. The van der Waals surface area contributed by atoms with E-state index in [0.717, 1.165) is 33.8 Å². The fraction of sp³-hybridized carbons (Fsp3) is 0.333. The lowest BCUT2D eigenvalue weighted by Crippen LogP contribution is -2.25.